The minimum absolute atomic E-state index is 0.171. The van der Waals surface area contributed by atoms with Crippen LogP contribution in [0.15, 0.2) is 48.8 Å². The summed E-state index contributed by atoms with van der Waals surface area (Å²) < 4.78 is 34.9. The first-order valence-corrected chi connectivity index (χ1v) is 22.3. The predicted molar refractivity (Wildman–Crippen MR) is 242 cm³/mol. The first-order chi connectivity index (χ1) is 30.7. The molecule has 3 aromatic heterocycles. The van der Waals surface area contributed by atoms with E-state index in [2.05, 4.69) is 48.3 Å². The number of amides is 4. The number of nitrogens with one attached hydrogen (secondary N) is 4. The van der Waals surface area contributed by atoms with E-state index in [0.717, 1.165) is 11.1 Å². The summed E-state index contributed by atoms with van der Waals surface area (Å²) in [5.74, 6) is 0.624. The van der Waals surface area contributed by atoms with Crippen molar-refractivity contribution in [2.75, 3.05) is 27.3 Å². The van der Waals surface area contributed by atoms with Gasteiger partial charge >= 0.3 is 12.2 Å². The van der Waals surface area contributed by atoms with Crippen LogP contribution in [-0.4, -0.2) is 97.7 Å². The van der Waals surface area contributed by atoms with Crippen LogP contribution in [0, 0.1) is 28.5 Å². The number of benzene rings is 2. The highest BCUT2D eigenvalue weighted by atomic mass is 19.1. The maximum atomic E-state index is 16.9. The molecule has 1 unspecified atom stereocenters. The molecule has 0 spiro atoms. The third kappa shape index (κ3) is 8.40. The van der Waals surface area contributed by atoms with Crippen molar-refractivity contribution in [3.05, 3.63) is 66.3 Å². The molecule has 16 nitrogen and oxygen atoms in total. The van der Waals surface area contributed by atoms with Gasteiger partial charge in [-0.1, -0.05) is 67.5 Å². The SMILES string of the molecule is COC(=O)N[C@H](C(=O)N1CC(C)(C)C[C@H]1c1ncc(-c2ccc3c(c2)OC(C)n2c-3c(F)c3cc(-c4cnc([C@@H]5CC(C)(C)CN5C(=O)[C@@H](NC(=O)OC)C(C)C)[nH]4)ccc32)[nH]1)C(C)C. The lowest BCUT2D eigenvalue weighted by molar-refractivity contribution is -0.136. The molecule has 0 radical (unpaired) electrons. The maximum Gasteiger partial charge on any atom is 0.407 e. The van der Waals surface area contributed by atoms with Gasteiger partial charge in [0.2, 0.25) is 11.8 Å². The number of aromatic amines is 2. The Morgan fingerprint density at radius 1 is 0.769 bits per heavy atom. The molecule has 5 atom stereocenters. The second-order valence-electron chi connectivity index (χ2n) is 20.0. The molecule has 8 rings (SSSR count). The number of hydrogen-bond acceptors (Lipinski definition) is 9. The summed E-state index contributed by atoms with van der Waals surface area (Å²) >= 11 is 0. The molecule has 0 bridgehead atoms. The molecule has 17 heteroatoms. The molecule has 346 valence electrons. The minimum Gasteiger partial charge on any atom is -0.470 e. The number of rotatable bonds is 10. The van der Waals surface area contributed by atoms with Gasteiger partial charge < -0.3 is 49.2 Å². The number of nitrogens with zero attached hydrogens (tertiary/aromatic N) is 5. The second-order valence-corrected chi connectivity index (χ2v) is 20.0. The zero-order chi connectivity index (χ0) is 46.9. The molecule has 65 heavy (non-hydrogen) atoms. The number of fused-ring (bicyclic) bond motifs is 5. The van der Waals surface area contributed by atoms with Gasteiger partial charge in [-0.15, -0.1) is 0 Å². The van der Waals surface area contributed by atoms with Crippen molar-refractivity contribution >= 4 is 34.9 Å². The number of halogens is 1. The van der Waals surface area contributed by atoms with Gasteiger partial charge in [-0.05, 0) is 66.7 Å². The lowest BCUT2D eigenvalue weighted by Gasteiger charge is -2.30. The predicted octanol–water partition coefficient (Wildman–Crippen LogP) is 8.50. The summed E-state index contributed by atoms with van der Waals surface area (Å²) in [6.07, 6.45) is 2.91. The number of H-pyrrole nitrogens is 2. The number of ether oxygens (including phenoxy) is 3. The van der Waals surface area contributed by atoms with Gasteiger partial charge in [-0.3, -0.25) is 9.59 Å². The third-order valence-electron chi connectivity index (χ3n) is 13.1. The van der Waals surface area contributed by atoms with Gasteiger partial charge in [-0.25, -0.2) is 23.9 Å². The van der Waals surface area contributed by atoms with Gasteiger partial charge in [0.1, 0.15) is 29.5 Å². The lowest BCUT2D eigenvalue weighted by atomic mass is 9.90. The first kappa shape index (κ1) is 45.2. The molecule has 6 heterocycles. The van der Waals surface area contributed by atoms with Crippen LogP contribution < -0.4 is 15.4 Å². The third-order valence-corrected chi connectivity index (χ3v) is 13.1. The topological polar surface area (TPSA) is 189 Å². The van der Waals surface area contributed by atoms with Gasteiger partial charge in [0.25, 0.3) is 0 Å². The average molecular weight is 894 g/mol. The largest absolute Gasteiger partial charge is 0.470 e. The Hall–Kier alpha value is -6.39. The highest BCUT2D eigenvalue weighted by molar-refractivity contribution is 5.93. The smallest absolute Gasteiger partial charge is 0.407 e. The van der Waals surface area contributed by atoms with Crippen LogP contribution in [0.2, 0.25) is 0 Å². The number of methoxy groups -OCH3 is 2. The second kappa shape index (κ2) is 16.9. The molecule has 3 aliphatic rings. The molecule has 5 aromatic rings. The van der Waals surface area contributed by atoms with E-state index in [1.54, 1.807) is 22.2 Å². The Bertz CT molecular complexity index is 2660. The minimum atomic E-state index is -0.775. The molecule has 2 fully saturated rings. The fourth-order valence-electron chi connectivity index (χ4n) is 9.84. The fraction of sp³-hybridized carbons (Fsp3) is 0.500. The van der Waals surface area contributed by atoms with Crippen LogP contribution in [0.4, 0.5) is 14.0 Å². The van der Waals surface area contributed by atoms with Crippen molar-refractivity contribution in [2.24, 2.45) is 22.7 Å². The van der Waals surface area contributed by atoms with Gasteiger partial charge in [0.15, 0.2) is 12.0 Å². The summed E-state index contributed by atoms with van der Waals surface area (Å²) in [5, 5.41) is 5.84. The monoisotopic (exact) mass is 893 g/mol. The number of likely N-dealkylation sites (tertiary alicyclic amines) is 2. The van der Waals surface area contributed by atoms with Gasteiger partial charge in [-0.2, -0.15) is 0 Å². The number of hydrogen-bond donors (Lipinski definition) is 4. The number of carbonyl (C=O) groups is 4. The van der Waals surface area contributed by atoms with Crippen LogP contribution in [0.25, 0.3) is 44.7 Å². The average Bonchev–Trinajstić information content (AvgIpc) is 4.10. The van der Waals surface area contributed by atoms with Crippen LogP contribution in [0.3, 0.4) is 0 Å². The highest BCUT2D eigenvalue weighted by Crippen LogP contribution is 2.48. The summed E-state index contributed by atoms with van der Waals surface area (Å²) in [5.41, 5.74) is 4.20. The molecule has 4 amide bonds. The van der Waals surface area contributed by atoms with Crippen molar-refractivity contribution < 1.29 is 37.8 Å². The van der Waals surface area contributed by atoms with E-state index in [9.17, 15) is 19.2 Å². The summed E-state index contributed by atoms with van der Waals surface area (Å²) in [6.45, 7) is 18.8. The lowest BCUT2D eigenvalue weighted by Crippen LogP contribution is -2.51. The van der Waals surface area contributed by atoms with Gasteiger partial charge in [0, 0.05) is 35.2 Å². The van der Waals surface area contributed by atoms with Crippen molar-refractivity contribution in [1.29, 1.82) is 0 Å². The highest BCUT2D eigenvalue weighted by Gasteiger charge is 2.46. The Morgan fingerprint density at radius 3 is 1.72 bits per heavy atom. The zero-order valence-electron chi connectivity index (χ0n) is 39.0. The Labute approximate surface area is 378 Å². The van der Waals surface area contributed by atoms with E-state index < -0.39 is 30.5 Å². The normalized spacial score (nSPS) is 20.6. The van der Waals surface area contributed by atoms with Gasteiger partial charge in [0.05, 0.1) is 61.3 Å². The molecular formula is C48H60FN9O7. The fourth-order valence-corrected chi connectivity index (χ4v) is 9.84. The number of imidazole rings is 2. The Morgan fingerprint density at radius 2 is 1.25 bits per heavy atom. The molecule has 2 aromatic carbocycles. The van der Waals surface area contributed by atoms with Crippen molar-refractivity contribution in [3.8, 4) is 39.5 Å². The molecule has 3 aliphatic heterocycles. The summed E-state index contributed by atoms with van der Waals surface area (Å²) in [7, 11) is 2.55. The summed E-state index contributed by atoms with van der Waals surface area (Å²) in [6, 6.07) is 8.99. The van der Waals surface area contributed by atoms with Crippen molar-refractivity contribution in [2.45, 2.75) is 106 Å². The van der Waals surface area contributed by atoms with E-state index in [-0.39, 0.29) is 52.4 Å². The molecule has 0 saturated carbocycles. The van der Waals surface area contributed by atoms with E-state index in [1.807, 2.05) is 75.6 Å². The molecule has 4 N–H and O–H groups in total. The molecule has 0 aliphatic carbocycles. The molecule has 2 saturated heterocycles. The number of carbonyl (C=O) groups excluding carboxylic acids is 4. The van der Waals surface area contributed by atoms with Crippen LogP contribution in [0.1, 0.15) is 105 Å². The number of aromatic nitrogens is 5. The van der Waals surface area contributed by atoms with E-state index >= 15 is 4.39 Å². The standard InChI is InChI=1S/C48H60FN9O7/c1-24(2)38(54-45(61)63-10)43(59)56-22-47(6,7)18-34(56)41-50-20-31(52-41)27-13-15-33-30(16-27)37(49)40-29-14-12-28(17-36(29)65-26(5)58(33)40)32-21-51-42(53-32)35-19-48(8,9)23-57(35)44(60)39(25(3)4)55-46(62)64-11/h12-17,20-21,24-26,34-35,38-39H,18-19,22-23H2,1-11H3,(H,50,52)(H,51,53)(H,54,61)(H,55,62)/t26?,34-,35-,38-,39-/m0/s1. The van der Waals surface area contributed by atoms with E-state index in [0.29, 0.717) is 76.9 Å². The Balaban J connectivity index is 1.06. The zero-order valence-corrected chi connectivity index (χ0v) is 39.0. The van der Waals surface area contributed by atoms with E-state index in [1.165, 1.54) is 14.2 Å². The molecular weight excluding hydrogens is 834 g/mol. The Kier molecular flexibility index (Phi) is 11.7. The quantitative estimate of drug-likeness (QED) is 0.107. The van der Waals surface area contributed by atoms with E-state index in [4.69, 9.17) is 24.2 Å². The van der Waals surface area contributed by atoms with Crippen molar-refractivity contribution in [3.63, 3.8) is 0 Å². The first-order valence-electron chi connectivity index (χ1n) is 22.3. The maximum absolute atomic E-state index is 16.9. The van der Waals surface area contributed by atoms with Crippen LogP contribution >= 0.6 is 0 Å². The summed E-state index contributed by atoms with van der Waals surface area (Å²) in [4.78, 5) is 72.2. The van der Waals surface area contributed by atoms with Crippen LogP contribution in [-0.2, 0) is 19.1 Å². The number of alkyl carbamates (subject to hydrolysis) is 2. The van der Waals surface area contributed by atoms with Crippen molar-refractivity contribution in [1.82, 2.24) is 44.9 Å². The van der Waals surface area contributed by atoms with Crippen LogP contribution in [0.5, 0.6) is 5.75 Å².